The van der Waals surface area contributed by atoms with Gasteiger partial charge in [0, 0.05) is 10.5 Å². The van der Waals surface area contributed by atoms with Gasteiger partial charge in [-0.25, -0.2) is 9.18 Å². The summed E-state index contributed by atoms with van der Waals surface area (Å²) in [7, 11) is -0.184. The van der Waals surface area contributed by atoms with E-state index in [4.69, 9.17) is 9.84 Å². The average Bonchev–Trinajstić information content (AvgIpc) is 2.49. The molecule has 2 aromatic carbocycles. The van der Waals surface area contributed by atoms with E-state index in [0.717, 1.165) is 0 Å². The summed E-state index contributed by atoms with van der Waals surface area (Å²) in [5.41, 5.74) is 0.306. The molecular formula is C15H13FO4S. The highest BCUT2D eigenvalue weighted by molar-refractivity contribution is 7.84. The second-order valence-electron chi connectivity index (χ2n) is 4.26. The first-order valence-electron chi connectivity index (χ1n) is 6.06. The van der Waals surface area contributed by atoms with E-state index in [1.54, 1.807) is 12.1 Å². The molecule has 0 radical (unpaired) electrons. The Hall–Kier alpha value is -2.21. The molecular weight excluding hydrogens is 295 g/mol. The van der Waals surface area contributed by atoms with Crippen LogP contribution in [-0.4, -0.2) is 22.4 Å². The third-order valence-electron chi connectivity index (χ3n) is 2.89. The molecule has 0 saturated heterocycles. The minimum absolute atomic E-state index is 0.0481. The van der Waals surface area contributed by atoms with Crippen LogP contribution >= 0.6 is 0 Å². The van der Waals surface area contributed by atoms with Crippen molar-refractivity contribution in [2.24, 2.45) is 0 Å². The number of hydrogen-bond acceptors (Lipinski definition) is 3. The summed E-state index contributed by atoms with van der Waals surface area (Å²) in [6, 6.07) is 10.4. The molecule has 0 bridgehead atoms. The predicted octanol–water partition coefficient (Wildman–Crippen LogP) is 2.84. The summed E-state index contributed by atoms with van der Waals surface area (Å²) in [5.74, 6) is -1.61. The molecule has 0 aliphatic carbocycles. The van der Waals surface area contributed by atoms with E-state index in [-0.39, 0.29) is 22.6 Å². The van der Waals surface area contributed by atoms with Crippen molar-refractivity contribution in [1.82, 2.24) is 0 Å². The van der Waals surface area contributed by atoms with Crippen LogP contribution in [0.1, 0.15) is 15.9 Å². The Morgan fingerprint density at radius 3 is 2.67 bits per heavy atom. The average molecular weight is 308 g/mol. The zero-order chi connectivity index (χ0) is 15.4. The lowest BCUT2D eigenvalue weighted by Gasteiger charge is -2.08. The van der Waals surface area contributed by atoms with Gasteiger partial charge in [-0.3, -0.25) is 4.21 Å². The fourth-order valence-corrected chi connectivity index (χ4v) is 2.98. The molecule has 0 aliphatic heterocycles. The third-order valence-corrected chi connectivity index (χ3v) is 4.25. The summed E-state index contributed by atoms with van der Waals surface area (Å²) in [4.78, 5) is 11.2. The number of rotatable bonds is 5. The standard InChI is InChI=1S/C15H13FO4S/c1-20-13-7-3-5-11(14(13)16)9-21(19)12-6-2-4-10(8-12)15(17)18/h2-8H,9H2,1H3,(H,17,18). The van der Waals surface area contributed by atoms with Crippen LogP contribution in [0.25, 0.3) is 0 Å². The lowest BCUT2D eigenvalue weighted by molar-refractivity contribution is 0.0696. The van der Waals surface area contributed by atoms with Gasteiger partial charge in [0.2, 0.25) is 0 Å². The molecule has 0 spiro atoms. The molecule has 0 amide bonds. The van der Waals surface area contributed by atoms with E-state index >= 15 is 0 Å². The number of carboxylic acids is 1. The van der Waals surface area contributed by atoms with Gasteiger partial charge in [-0.15, -0.1) is 0 Å². The van der Waals surface area contributed by atoms with Crippen molar-refractivity contribution in [1.29, 1.82) is 0 Å². The highest BCUT2D eigenvalue weighted by Gasteiger charge is 2.14. The lowest BCUT2D eigenvalue weighted by Crippen LogP contribution is -2.03. The topological polar surface area (TPSA) is 63.6 Å². The molecule has 2 rings (SSSR count). The van der Waals surface area contributed by atoms with Crippen molar-refractivity contribution in [3.63, 3.8) is 0 Å². The zero-order valence-electron chi connectivity index (χ0n) is 11.2. The summed E-state index contributed by atoms with van der Waals surface area (Å²) in [6.07, 6.45) is 0. The summed E-state index contributed by atoms with van der Waals surface area (Å²) in [5, 5.41) is 8.92. The van der Waals surface area contributed by atoms with Crippen molar-refractivity contribution in [2.45, 2.75) is 10.6 Å². The van der Waals surface area contributed by atoms with Crippen LogP contribution in [0.4, 0.5) is 4.39 Å². The van der Waals surface area contributed by atoms with E-state index in [1.165, 1.54) is 37.4 Å². The van der Waals surface area contributed by atoms with E-state index < -0.39 is 22.6 Å². The lowest BCUT2D eigenvalue weighted by atomic mass is 10.2. The second kappa shape index (κ2) is 6.49. The van der Waals surface area contributed by atoms with Crippen molar-refractivity contribution in [3.8, 4) is 5.75 Å². The molecule has 21 heavy (non-hydrogen) atoms. The highest BCUT2D eigenvalue weighted by atomic mass is 32.2. The van der Waals surface area contributed by atoms with Gasteiger partial charge in [-0.2, -0.15) is 0 Å². The summed E-state index contributed by atoms with van der Waals surface area (Å²) in [6.45, 7) is 0. The van der Waals surface area contributed by atoms with Crippen LogP contribution in [0.15, 0.2) is 47.4 Å². The second-order valence-corrected chi connectivity index (χ2v) is 5.71. The first kappa shape index (κ1) is 15.2. The smallest absolute Gasteiger partial charge is 0.335 e. The Balaban J connectivity index is 2.26. The molecule has 0 fully saturated rings. The molecule has 6 heteroatoms. The normalized spacial score (nSPS) is 11.9. The number of benzene rings is 2. The Bertz CT molecular complexity index is 700. The van der Waals surface area contributed by atoms with E-state index in [9.17, 15) is 13.4 Å². The zero-order valence-corrected chi connectivity index (χ0v) is 12.0. The Morgan fingerprint density at radius 1 is 1.29 bits per heavy atom. The van der Waals surface area contributed by atoms with Crippen LogP contribution < -0.4 is 4.74 Å². The van der Waals surface area contributed by atoms with Gasteiger partial charge in [0.05, 0.1) is 29.2 Å². The first-order valence-corrected chi connectivity index (χ1v) is 7.38. The minimum Gasteiger partial charge on any atom is -0.494 e. The van der Waals surface area contributed by atoms with E-state index in [1.807, 2.05) is 0 Å². The van der Waals surface area contributed by atoms with Gasteiger partial charge in [-0.1, -0.05) is 18.2 Å². The maximum Gasteiger partial charge on any atom is 0.335 e. The molecule has 1 unspecified atom stereocenters. The maximum absolute atomic E-state index is 14.0. The minimum atomic E-state index is -1.54. The van der Waals surface area contributed by atoms with Crippen LogP contribution in [0, 0.1) is 5.82 Å². The summed E-state index contributed by atoms with van der Waals surface area (Å²) < 4.78 is 31.1. The van der Waals surface area contributed by atoms with Crippen LogP contribution in [0.2, 0.25) is 0 Å². The molecule has 0 aromatic heterocycles. The first-order chi connectivity index (χ1) is 10.0. The third kappa shape index (κ3) is 3.46. The summed E-state index contributed by atoms with van der Waals surface area (Å²) >= 11 is 0. The number of halogens is 1. The SMILES string of the molecule is COc1cccc(CS(=O)c2cccc(C(=O)O)c2)c1F. The molecule has 1 N–H and O–H groups in total. The van der Waals surface area contributed by atoms with Gasteiger partial charge in [0.1, 0.15) is 0 Å². The highest BCUT2D eigenvalue weighted by Crippen LogP contribution is 2.23. The molecule has 1 atom stereocenters. The van der Waals surface area contributed by atoms with Crippen molar-refractivity contribution < 1.29 is 23.2 Å². The van der Waals surface area contributed by atoms with E-state index in [2.05, 4.69) is 0 Å². The Kier molecular flexibility index (Phi) is 4.70. The van der Waals surface area contributed by atoms with Crippen molar-refractivity contribution in [2.75, 3.05) is 7.11 Å². The monoisotopic (exact) mass is 308 g/mol. The molecule has 0 heterocycles. The number of ether oxygens (including phenoxy) is 1. The van der Waals surface area contributed by atoms with Gasteiger partial charge < -0.3 is 9.84 Å². The number of methoxy groups -OCH3 is 1. The number of carbonyl (C=O) groups is 1. The maximum atomic E-state index is 14.0. The van der Waals surface area contributed by atoms with Gasteiger partial charge >= 0.3 is 5.97 Å². The Labute approximate surface area is 123 Å². The van der Waals surface area contributed by atoms with Crippen LogP contribution in [0.5, 0.6) is 5.75 Å². The molecule has 0 saturated carbocycles. The number of aromatic carboxylic acids is 1. The number of carboxylic acid groups (broad SMARTS) is 1. The van der Waals surface area contributed by atoms with Gasteiger partial charge in [-0.05, 0) is 24.3 Å². The Morgan fingerprint density at radius 2 is 2.00 bits per heavy atom. The molecule has 0 aliphatic rings. The fourth-order valence-electron chi connectivity index (χ4n) is 1.82. The number of hydrogen-bond donors (Lipinski definition) is 1. The largest absolute Gasteiger partial charge is 0.494 e. The quantitative estimate of drug-likeness (QED) is 0.922. The van der Waals surface area contributed by atoms with Crippen molar-refractivity contribution >= 4 is 16.8 Å². The van der Waals surface area contributed by atoms with Crippen LogP contribution in [-0.2, 0) is 16.6 Å². The predicted molar refractivity (Wildman–Crippen MR) is 76.5 cm³/mol. The van der Waals surface area contributed by atoms with Gasteiger partial charge in [0.15, 0.2) is 11.6 Å². The molecule has 2 aromatic rings. The van der Waals surface area contributed by atoms with Crippen molar-refractivity contribution in [3.05, 3.63) is 59.4 Å². The fraction of sp³-hybridized carbons (Fsp3) is 0.133. The molecule has 110 valence electrons. The van der Waals surface area contributed by atoms with Gasteiger partial charge in [0.25, 0.3) is 0 Å². The van der Waals surface area contributed by atoms with E-state index in [0.29, 0.717) is 4.90 Å². The molecule has 4 nitrogen and oxygen atoms in total. The van der Waals surface area contributed by atoms with Crippen LogP contribution in [0.3, 0.4) is 0 Å².